The van der Waals surface area contributed by atoms with Gasteiger partial charge in [-0.3, -0.25) is 19.2 Å². The Labute approximate surface area is 176 Å². The molecule has 0 bridgehead atoms. The Morgan fingerprint density at radius 1 is 0.700 bits per heavy atom. The van der Waals surface area contributed by atoms with Crippen molar-refractivity contribution in [3.8, 4) is 11.5 Å². The lowest BCUT2D eigenvalue weighted by Crippen LogP contribution is -2.08. The molecule has 0 aliphatic heterocycles. The molecule has 0 amide bonds. The summed E-state index contributed by atoms with van der Waals surface area (Å²) in [6.45, 7) is 0.591. The molecular weight excluding hydrogens is 439 g/mol. The van der Waals surface area contributed by atoms with Crippen molar-refractivity contribution in [2.75, 3.05) is 0 Å². The number of aromatic amines is 2. The van der Waals surface area contributed by atoms with Crippen LogP contribution in [0.25, 0.3) is 21.5 Å². The molecule has 2 aromatic heterocycles. The highest BCUT2D eigenvalue weighted by atomic mass is 35.5. The van der Waals surface area contributed by atoms with E-state index in [0.29, 0.717) is 33.8 Å². The second-order valence-corrected chi connectivity index (χ2v) is 6.25. The molecule has 10 nitrogen and oxygen atoms in total. The van der Waals surface area contributed by atoms with Gasteiger partial charge in [0.15, 0.2) is 10.3 Å². The maximum atomic E-state index is 11.4. The molecule has 4 rings (SSSR count). The Kier molecular flexibility index (Phi) is 6.40. The predicted octanol–water partition coefficient (Wildman–Crippen LogP) is 2.22. The molecule has 0 spiro atoms. The minimum atomic E-state index is -0.384. The minimum Gasteiger partial charge on any atom is -0.429 e. The Balaban J connectivity index is 0.000000171. The summed E-state index contributed by atoms with van der Waals surface area (Å²) in [6.07, 6.45) is 0. The van der Waals surface area contributed by atoms with Crippen LogP contribution in [0.5, 0.6) is 11.5 Å². The van der Waals surface area contributed by atoms with Gasteiger partial charge in [0, 0.05) is 10.8 Å². The van der Waals surface area contributed by atoms with Crippen LogP contribution in [0.1, 0.15) is 0 Å². The monoisotopic (exact) mass is 448 g/mol. The van der Waals surface area contributed by atoms with Crippen LogP contribution in [-0.4, -0.2) is 33.3 Å². The smallest absolute Gasteiger partial charge is 0.298 e. The average Bonchev–Trinajstić information content (AvgIpc) is 2.75. The van der Waals surface area contributed by atoms with Gasteiger partial charge in [0.25, 0.3) is 24.1 Å². The summed E-state index contributed by atoms with van der Waals surface area (Å²) in [5, 5.41) is 13.7. The Morgan fingerprint density at radius 2 is 1.17 bits per heavy atom. The molecule has 0 fully saturated rings. The van der Waals surface area contributed by atoms with E-state index in [1.54, 1.807) is 6.07 Å². The van der Waals surface area contributed by atoms with Crippen molar-refractivity contribution >= 4 is 57.7 Å². The van der Waals surface area contributed by atoms with Crippen LogP contribution in [0.4, 0.5) is 0 Å². The third-order valence-electron chi connectivity index (χ3n) is 3.80. The largest absolute Gasteiger partial charge is 0.429 e. The summed E-state index contributed by atoms with van der Waals surface area (Å²) in [7, 11) is 0. The number of carbonyl (C=O) groups is 2. The first-order valence-electron chi connectivity index (χ1n) is 8.01. The fourth-order valence-corrected chi connectivity index (χ4v) is 2.89. The van der Waals surface area contributed by atoms with E-state index in [1.165, 1.54) is 30.3 Å². The molecule has 2 N–H and O–H groups in total. The Morgan fingerprint density at radius 3 is 1.73 bits per heavy atom. The van der Waals surface area contributed by atoms with Crippen LogP contribution in [0.2, 0.25) is 10.3 Å². The number of nitrogens with zero attached hydrogens (tertiary/aromatic N) is 2. The van der Waals surface area contributed by atoms with Gasteiger partial charge in [-0.25, -0.2) is 10.2 Å². The van der Waals surface area contributed by atoms with Crippen molar-refractivity contribution in [3.05, 3.63) is 67.4 Å². The molecule has 0 saturated heterocycles. The van der Waals surface area contributed by atoms with Gasteiger partial charge in [-0.2, -0.15) is 10.2 Å². The summed E-state index contributed by atoms with van der Waals surface area (Å²) in [5.74, 6) is 0.595. The van der Waals surface area contributed by atoms with Gasteiger partial charge in [0.2, 0.25) is 0 Å². The zero-order valence-corrected chi connectivity index (χ0v) is 16.2. The highest BCUT2D eigenvalue weighted by Crippen LogP contribution is 2.23. The zero-order valence-electron chi connectivity index (χ0n) is 14.7. The maximum Gasteiger partial charge on any atom is 0.298 e. The summed E-state index contributed by atoms with van der Waals surface area (Å²) in [6, 6.07) is 9.02. The first kappa shape index (κ1) is 21.0. The molecule has 0 atom stereocenters. The van der Waals surface area contributed by atoms with Gasteiger partial charge in [-0.05, 0) is 36.4 Å². The number of H-pyrrole nitrogens is 2. The number of benzene rings is 2. The van der Waals surface area contributed by atoms with Crippen molar-refractivity contribution < 1.29 is 19.1 Å². The lowest BCUT2D eigenvalue weighted by Gasteiger charge is -2.01. The Bertz CT molecular complexity index is 1370. The van der Waals surface area contributed by atoms with Crippen LogP contribution in [-0.2, 0) is 9.59 Å². The molecule has 152 valence electrons. The summed E-state index contributed by atoms with van der Waals surface area (Å²) >= 11 is 11.5. The number of halogens is 2. The molecule has 0 unspecified atom stereocenters. The topological polar surface area (TPSA) is 144 Å². The lowest BCUT2D eigenvalue weighted by atomic mass is 10.2. The summed E-state index contributed by atoms with van der Waals surface area (Å²) in [5.41, 5.74) is -0.724. The second kappa shape index (κ2) is 9.16. The number of fused-ring (bicyclic) bond motifs is 2. The first-order chi connectivity index (χ1) is 14.4. The van der Waals surface area contributed by atoms with E-state index in [4.69, 9.17) is 23.2 Å². The van der Waals surface area contributed by atoms with Crippen molar-refractivity contribution in [2.45, 2.75) is 0 Å². The highest BCUT2D eigenvalue weighted by molar-refractivity contribution is 6.34. The normalized spacial score (nSPS) is 10.2. The Hall–Kier alpha value is -3.76. The average molecular weight is 449 g/mol. The minimum absolute atomic E-state index is 0.154. The van der Waals surface area contributed by atoms with Gasteiger partial charge in [-0.1, -0.05) is 23.2 Å². The van der Waals surface area contributed by atoms with Crippen molar-refractivity contribution in [1.29, 1.82) is 0 Å². The highest BCUT2D eigenvalue weighted by Gasteiger charge is 2.06. The van der Waals surface area contributed by atoms with Crippen LogP contribution in [0.3, 0.4) is 0 Å². The van der Waals surface area contributed by atoms with Gasteiger partial charge >= 0.3 is 0 Å². The predicted molar refractivity (Wildman–Crippen MR) is 108 cm³/mol. The van der Waals surface area contributed by atoms with Crippen LogP contribution >= 0.6 is 23.2 Å². The molecule has 12 heteroatoms. The molecular formula is C18H10Cl2N4O6. The van der Waals surface area contributed by atoms with E-state index in [1.807, 2.05) is 0 Å². The van der Waals surface area contributed by atoms with Gasteiger partial charge in [0.05, 0.1) is 10.8 Å². The van der Waals surface area contributed by atoms with Crippen LogP contribution in [0, 0.1) is 0 Å². The third-order valence-corrected chi connectivity index (χ3v) is 4.37. The van der Waals surface area contributed by atoms with Crippen molar-refractivity contribution in [2.24, 2.45) is 0 Å². The number of rotatable bonds is 4. The molecule has 0 aliphatic rings. The maximum absolute atomic E-state index is 11.4. The standard InChI is InChI=1S/2C9H5ClN2O3/c10-8-7-3-5(15-4-13)1-2-6(7)9(14)12-11-8;10-8-6-2-1-5(15-4-13)3-7(6)9(14)12-11-8/h2*1-4H,(H,12,14). The fraction of sp³-hybridized carbons (Fsp3) is 0. The first-order valence-corrected chi connectivity index (χ1v) is 8.76. The number of carbonyl (C=O) groups excluding carboxylic acids is 2. The quantitative estimate of drug-likeness (QED) is 0.452. The van der Waals surface area contributed by atoms with E-state index in [0.717, 1.165) is 0 Å². The summed E-state index contributed by atoms with van der Waals surface area (Å²) in [4.78, 5) is 42.9. The molecule has 0 aliphatic carbocycles. The molecule has 0 saturated carbocycles. The van der Waals surface area contributed by atoms with Crippen molar-refractivity contribution in [1.82, 2.24) is 20.4 Å². The van der Waals surface area contributed by atoms with E-state index in [2.05, 4.69) is 29.9 Å². The van der Waals surface area contributed by atoms with E-state index in [-0.39, 0.29) is 33.6 Å². The number of hydrogen-bond acceptors (Lipinski definition) is 8. The number of ether oxygens (including phenoxy) is 2. The molecule has 0 radical (unpaired) electrons. The van der Waals surface area contributed by atoms with Crippen LogP contribution < -0.4 is 20.6 Å². The van der Waals surface area contributed by atoms with E-state index in [9.17, 15) is 19.2 Å². The summed E-state index contributed by atoms with van der Waals surface area (Å²) < 4.78 is 9.24. The molecule has 4 aromatic rings. The van der Waals surface area contributed by atoms with Crippen LogP contribution in [0.15, 0.2) is 46.0 Å². The van der Waals surface area contributed by atoms with Gasteiger partial charge < -0.3 is 9.47 Å². The van der Waals surface area contributed by atoms with E-state index >= 15 is 0 Å². The second-order valence-electron chi connectivity index (χ2n) is 5.53. The fourth-order valence-electron chi connectivity index (χ4n) is 2.48. The SMILES string of the molecule is O=COc1ccc2c(=O)[nH]nc(Cl)c2c1.O=COc1ccc2c(Cl)n[nH]c(=O)c2c1. The molecule has 2 aromatic carbocycles. The lowest BCUT2D eigenvalue weighted by molar-refractivity contribution is -0.121. The third kappa shape index (κ3) is 4.45. The van der Waals surface area contributed by atoms with E-state index < -0.39 is 0 Å². The number of aromatic nitrogens is 4. The zero-order chi connectivity index (χ0) is 21.7. The molecule has 30 heavy (non-hydrogen) atoms. The van der Waals surface area contributed by atoms with Gasteiger partial charge in [-0.15, -0.1) is 0 Å². The number of hydrogen-bond donors (Lipinski definition) is 2. The van der Waals surface area contributed by atoms with Gasteiger partial charge in [0.1, 0.15) is 11.5 Å². The number of nitrogens with one attached hydrogen (secondary N) is 2. The van der Waals surface area contributed by atoms with Crippen molar-refractivity contribution in [3.63, 3.8) is 0 Å². The molecule has 2 heterocycles.